The Morgan fingerprint density at radius 3 is 2.65 bits per heavy atom. The highest BCUT2D eigenvalue weighted by atomic mass is 32.1. The zero-order chi connectivity index (χ0) is 12.7. The van der Waals surface area contributed by atoms with Crippen molar-refractivity contribution >= 4 is 33.1 Å². The van der Waals surface area contributed by atoms with Crippen LogP contribution in [0.2, 0.25) is 0 Å². The normalized spacial score (nSPS) is 10.8. The van der Waals surface area contributed by atoms with Gasteiger partial charge in [0.1, 0.15) is 9.71 Å². The molecule has 90 valence electrons. The predicted molar refractivity (Wildman–Crippen MR) is 71.5 cm³/mol. The average molecular weight is 249 g/mol. The summed E-state index contributed by atoms with van der Waals surface area (Å²) in [6.07, 6.45) is 0. The van der Waals surface area contributed by atoms with Gasteiger partial charge in [-0.1, -0.05) is 0 Å². The van der Waals surface area contributed by atoms with E-state index >= 15 is 0 Å². The predicted octanol–water partition coefficient (Wildman–Crippen LogP) is 2.20. The minimum absolute atomic E-state index is 0.0671. The van der Waals surface area contributed by atoms with E-state index in [0.29, 0.717) is 10.6 Å². The van der Waals surface area contributed by atoms with Gasteiger partial charge in [-0.2, -0.15) is 0 Å². The van der Waals surface area contributed by atoms with Crippen LogP contribution in [-0.2, 0) is 0 Å². The summed E-state index contributed by atoms with van der Waals surface area (Å²) in [6, 6.07) is 1.98. The number of fused-ring (bicyclic) bond motifs is 1. The molecule has 0 atom stereocenters. The van der Waals surface area contributed by atoms with Gasteiger partial charge in [-0.25, -0.2) is 4.98 Å². The Balaban J connectivity index is 2.73. The average Bonchev–Trinajstić information content (AvgIpc) is 2.54. The molecule has 2 heterocycles. The summed E-state index contributed by atoms with van der Waals surface area (Å²) in [5.74, 6) is -0.0671. The Kier molecular flexibility index (Phi) is 2.79. The number of rotatable bonds is 1. The van der Waals surface area contributed by atoms with Crippen LogP contribution in [0.4, 0.5) is 5.69 Å². The lowest BCUT2D eigenvalue weighted by atomic mass is 10.1. The van der Waals surface area contributed by atoms with E-state index in [0.717, 1.165) is 21.5 Å². The largest absolute Gasteiger partial charge is 0.397 e. The second-order valence-corrected chi connectivity index (χ2v) is 5.30. The Morgan fingerprint density at radius 1 is 1.41 bits per heavy atom. The number of amides is 1. The fourth-order valence-corrected chi connectivity index (χ4v) is 3.07. The number of nitrogen functional groups attached to an aromatic ring is 1. The minimum Gasteiger partial charge on any atom is -0.397 e. The third-order valence-electron chi connectivity index (χ3n) is 2.62. The SMILES string of the molecule is Cc1cc(C)c2c(N)c(C(=O)N(C)C)sc2n1. The molecule has 0 radical (unpaired) electrons. The maximum absolute atomic E-state index is 12.0. The lowest BCUT2D eigenvalue weighted by Crippen LogP contribution is -2.21. The van der Waals surface area contributed by atoms with Gasteiger partial charge in [-0.05, 0) is 25.5 Å². The summed E-state index contributed by atoms with van der Waals surface area (Å²) >= 11 is 1.36. The number of carbonyl (C=O) groups is 1. The standard InChI is InChI=1S/C12H15N3OS/c1-6-5-7(2)14-11-8(6)9(13)10(17-11)12(16)15(3)4/h5H,13H2,1-4H3. The van der Waals surface area contributed by atoms with E-state index in [9.17, 15) is 4.79 Å². The first kappa shape index (κ1) is 11.9. The van der Waals surface area contributed by atoms with Gasteiger partial charge in [-0.15, -0.1) is 11.3 Å². The monoisotopic (exact) mass is 249 g/mol. The number of aryl methyl sites for hydroxylation is 2. The van der Waals surface area contributed by atoms with Crippen LogP contribution in [0.1, 0.15) is 20.9 Å². The molecule has 0 bridgehead atoms. The van der Waals surface area contributed by atoms with Crippen molar-refractivity contribution in [3.05, 3.63) is 22.2 Å². The van der Waals surface area contributed by atoms with Crippen molar-refractivity contribution < 1.29 is 4.79 Å². The molecular formula is C12H15N3OS. The third kappa shape index (κ3) is 1.86. The van der Waals surface area contributed by atoms with Crippen LogP contribution >= 0.6 is 11.3 Å². The molecule has 0 unspecified atom stereocenters. The van der Waals surface area contributed by atoms with E-state index in [1.54, 1.807) is 14.1 Å². The highest BCUT2D eigenvalue weighted by molar-refractivity contribution is 7.21. The molecule has 0 aliphatic heterocycles. The van der Waals surface area contributed by atoms with Gasteiger partial charge in [0.05, 0.1) is 5.69 Å². The molecule has 0 saturated carbocycles. The van der Waals surface area contributed by atoms with E-state index in [-0.39, 0.29) is 5.91 Å². The molecule has 2 aromatic rings. The van der Waals surface area contributed by atoms with E-state index in [2.05, 4.69) is 4.98 Å². The Bertz CT molecular complexity index is 601. The van der Waals surface area contributed by atoms with Gasteiger partial charge in [0, 0.05) is 25.2 Å². The van der Waals surface area contributed by atoms with E-state index in [4.69, 9.17) is 5.73 Å². The molecule has 0 aliphatic carbocycles. The van der Waals surface area contributed by atoms with Crippen LogP contribution in [0.25, 0.3) is 10.2 Å². The molecule has 0 spiro atoms. The molecule has 2 N–H and O–H groups in total. The number of aromatic nitrogens is 1. The summed E-state index contributed by atoms with van der Waals surface area (Å²) < 4.78 is 0. The van der Waals surface area contributed by atoms with Crippen molar-refractivity contribution in [1.29, 1.82) is 0 Å². The first-order valence-corrected chi connectivity index (χ1v) is 6.11. The van der Waals surface area contributed by atoms with Crippen molar-refractivity contribution in [1.82, 2.24) is 9.88 Å². The van der Waals surface area contributed by atoms with Crippen LogP contribution in [0.15, 0.2) is 6.07 Å². The first-order valence-electron chi connectivity index (χ1n) is 5.29. The first-order chi connectivity index (χ1) is 7.91. The molecular weight excluding hydrogens is 234 g/mol. The third-order valence-corrected chi connectivity index (χ3v) is 3.71. The van der Waals surface area contributed by atoms with Crippen molar-refractivity contribution in [3.63, 3.8) is 0 Å². The summed E-state index contributed by atoms with van der Waals surface area (Å²) in [7, 11) is 3.44. The molecule has 0 aromatic carbocycles. The number of carbonyl (C=O) groups excluding carboxylic acids is 1. The van der Waals surface area contributed by atoms with Gasteiger partial charge in [0.25, 0.3) is 5.91 Å². The number of thiophene rings is 1. The maximum atomic E-state index is 12.0. The highest BCUT2D eigenvalue weighted by Crippen LogP contribution is 2.35. The quantitative estimate of drug-likeness (QED) is 0.842. The fraction of sp³-hybridized carbons (Fsp3) is 0.333. The van der Waals surface area contributed by atoms with Gasteiger partial charge < -0.3 is 10.6 Å². The second-order valence-electron chi connectivity index (χ2n) is 4.31. The molecule has 1 amide bonds. The minimum atomic E-state index is -0.0671. The lowest BCUT2D eigenvalue weighted by molar-refractivity contribution is 0.0833. The second kappa shape index (κ2) is 4.00. The van der Waals surface area contributed by atoms with Crippen LogP contribution < -0.4 is 5.73 Å². The van der Waals surface area contributed by atoms with E-state index in [1.165, 1.54) is 16.2 Å². The maximum Gasteiger partial charge on any atom is 0.265 e. The zero-order valence-corrected chi connectivity index (χ0v) is 11.2. The molecule has 0 fully saturated rings. The van der Waals surface area contributed by atoms with Crippen molar-refractivity contribution in [2.75, 3.05) is 19.8 Å². The highest BCUT2D eigenvalue weighted by Gasteiger charge is 2.19. The summed E-state index contributed by atoms with van der Waals surface area (Å²) in [6.45, 7) is 3.93. The topological polar surface area (TPSA) is 59.2 Å². The summed E-state index contributed by atoms with van der Waals surface area (Å²) in [5.41, 5.74) is 8.61. The molecule has 5 heteroatoms. The Hall–Kier alpha value is -1.62. The molecule has 17 heavy (non-hydrogen) atoms. The summed E-state index contributed by atoms with van der Waals surface area (Å²) in [5, 5.41) is 0.908. The molecule has 0 aliphatic rings. The summed E-state index contributed by atoms with van der Waals surface area (Å²) in [4.78, 5) is 19.3. The van der Waals surface area contributed by atoms with Crippen LogP contribution in [0.5, 0.6) is 0 Å². The molecule has 4 nitrogen and oxygen atoms in total. The number of hydrogen-bond donors (Lipinski definition) is 1. The van der Waals surface area contributed by atoms with E-state index < -0.39 is 0 Å². The van der Waals surface area contributed by atoms with Gasteiger partial charge >= 0.3 is 0 Å². The fourth-order valence-electron chi connectivity index (χ4n) is 1.83. The number of pyridine rings is 1. The zero-order valence-electron chi connectivity index (χ0n) is 10.4. The number of hydrogen-bond acceptors (Lipinski definition) is 4. The number of nitrogens with two attached hydrogens (primary N) is 1. The van der Waals surface area contributed by atoms with Gasteiger partial charge in [-0.3, -0.25) is 4.79 Å². The van der Waals surface area contributed by atoms with Crippen molar-refractivity contribution in [2.45, 2.75) is 13.8 Å². The molecule has 0 saturated heterocycles. The number of anilines is 1. The van der Waals surface area contributed by atoms with E-state index in [1.807, 2.05) is 19.9 Å². The number of nitrogens with zero attached hydrogens (tertiary/aromatic N) is 2. The van der Waals surface area contributed by atoms with Crippen LogP contribution in [0.3, 0.4) is 0 Å². The Morgan fingerprint density at radius 2 is 2.06 bits per heavy atom. The van der Waals surface area contributed by atoms with Gasteiger partial charge in [0.15, 0.2) is 0 Å². The van der Waals surface area contributed by atoms with Crippen molar-refractivity contribution in [2.24, 2.45) is 0 Å². The van der Waals surface area contributed by atoms with Crippen molar-refractivity contribution in [3.8, 4) is 0 Å². The van der Waals surface area contributed by atoms with Gasteiger partial charge in [0.2, 0.25) is 0 Å². The smallest absolute Gasteiger partial charge is 0.265 e. The van der Waals surface area contributed by atoms with Crippen LogP contribution in [0, 0.1) is 13.8 Å². The molecule has 2 aromatic heterocycles. The lowest BCUT2D eigenvalue weighted by Gasteiger charge is -2.08. The molecule has 2 rings (SSSR count). The van der Waals surface area contributed by atoms with Crippen LogP contribution in [-0.4, -0.2) is 29.9 Å². The Labute approximate surface area is 104 Å².